The largest absolute Gasteiger partial charge is 0.339 e. The van der Waals surface area contributed by atoms with Gasteiger partial charge in [-0.1, -0.05) is 48.5 Å². The van der Waals surface area contributed by atoms with Crippen molar-refractivity contribution >= 4 is 28.8 Å². The zero-order chi connectivity index (χ0) is 20.4. The molecule has 0 spiro atoms. The van der Waals surface area contributed by atoms with Crippen LogP contribution in [-0.2, 0) is 9.59 Å². The zero-order valence-electron chi connectivity index (χ0n) is 15.7. The average molecular weight is 379 g/mol. The lowest BCUT2D eigenvalue weighted by atomic mass is 10.0. The van der Waals surface area contributed by atoms with Crippen molar-refractivity contribution in [1.29, 1.82) is 5.26 Å². The predicted octanol–water partition coefficient (Wildman–Crippen LogP) is 3.98. The standard InChI is InChI=1S/C24H17N3O2/c1-26(19-10-6-3-7-11-19)22-21(18-8-4-2-5-9-18)23(28)27(24(22)29)20-14-12-17(16-25)13-15-20/h2-15H,1H3. The number of rotatable bonds is 4. The molecule has 140 valence electrons. The van der Waals surface area contributed by atoms with E-state index >= 15 is 0 Å². The van der Waals surface area contributed by atoms with Crippen molar-refractivity contribution in [3.63, 3.8) is 0 Å². The molecule has 0 fully saturated rings. The number of anilines is 2. The molecule has 5 heteroatoms. The van der Waals surface area contributed by atoms with Gasteiger partial charge in [-0.2, -0.15) is 5.26 Å². The molecule has 0 radical (unpaired) electrons. The molecule has 0 atom stereocenters. The highest BCUT2D eigenvalue weighted by atomic mass is 16.2. The van der Waals surface area contributed by atoms with Crippen LogP contribution in [0.2, 0.25) is 0 Å². The summed E-state index contributed by atoms with van der Waals surface area (Å²) in [5.74, 6) is -0.784. The van der Waals surface area contributed by atoms with E-state index in [-0.39, 0.29) is 5.91 Å². The van der Waals surface area contributed by atoms with Crippen LogP contribution in [0.15, 0.2) is 90.6 Å². The van der Waals surface area contributed by atoms with E-state index in [1.54, 1.807) is 36.2 Å². The number of hydrogen-bond acceptors (Lipinski definition) is 4. The Bertz CT molecular complexity index is 1140. The van der Waals surface area contributed by atoms with E-state index in [1.807, 2.05) is 66.7 Å². The minimum absolute atomic E-state index is 0.316. The zero-order valence-corrected chi connectivity index (χ0v) is 15.7. The summed E-state index contributed by atoms with van der Waals surface area (Å²) >= 11 is 0. The Hall–Kier alpha value is -4.17. The molecule has 5 nitrogen and oxygen atoms in total. The number of hydrogen-bond donors (Lipinski definition) is 0. The number of carbonyl (C=O) groups excluding carboxylic acids is 2. The number of carbonyl (C=O) groups is 2. The van der Waals surface area contributed by atoms with Crippen LogP contribution in [-0.4, -0.2) is 18.9 Å². The Morgan fingerprint density at radius 2 is 1.38 bits per heavy atom. The second-order valence-electron chi connectivity index (χ2n) is 6.59. The summed E-state index contributed by atoms with van der Waals surface area (Å²) in [5.41, 5.74) is 3.05. The lowest BCUT2D eigenvalue weighted by molar-refractivity contribution is -0.120. The highest BCUT2D eigenvalue weighted by molar-refractivity contribution is 6.46. The van der Waals surface area contributed by atoms with E-state index in [0.29, 0.717) is 28.1 Å². The van der Waals surface area contributed by atoms with Crippen LogP contribution in [0.3, 0.4) is 0 Å². The van der Waals surface area contributed by atoms with Crippen LogP contribution in [0.5, 0.6) is 0 Å². The fourth-order valence-corrected chi connectivity index (χ4v) is 3.39. The van der Waals surface area contributed by atoms with Crippen molar-refractivity contribution in [1.82, 2.24) is 0 Å². The van der Waals surface area contributed by atoms with Gasteiger partial charge in [-0.3, -0.25) is 9.59 Å². The molecule has 2 amide bonds. The predicted molar refractivity (Wildman–Crippen MR) is 112 cm³/mol. The van der Waals surface area contributed by atoms with Crippen LogP contribution in [0.1, 0.15) is 11.1 Å². The molecule has 1 aliphatic heterocycles. The van der Waals surface area contributed by atoms with Crippen molar-refractivity contribution in [2.75, 3.05) is 16.8 Å². The number of imide groups is 1. The maximum absolute atomic E-state index is 13.4. The van der Waals surface area contributed by atoms with E-state index in [9.17, 15) is 9.59 Å². The number of benzene rings is 3. The Kier molecular flexibility index (Phi) is 4.68. The fourth-order valence-electron chi connectivity index (χ4n) is 3.39. The van der Waals surface area contributed by atoms with Gasteiger partial charge in [0.15, 0.2) is 0 Å². The van der Waals surface area contributed by atoms with Crippen LogP contribution >= 0.6 is 0 Å². The minimum atomic E-state index is -0.398. The van der Waals surface area contributed by atoms with Gasteiger partial charge in [-0.15, -0.1) is 0 Å². The van der Waals surface area contributed by atoms with Crippen molar-refractivity contribution in [2.45, 2.75) is 0 Å². The van der Waals surface area contributed by atoms with Gasteiger partial charge in [0.2, 0.25) is 0 Å². The molecule has 0 bridgehead atoms. The number of likely N-dealkylation sites (N-methyl/N-ethyl adjacent to an activating group) is 1. The summed E-state index contributed by atoms with van der Waals surface area (Å²) in [6.07, 6.45) is 0. The molecular formula is C24H17N3O2. The van der Waals surface area contributed by atoms with Gasteiger partial charge in [-0.25, -0.2) is 4.90 Å². The molecule has 1 aliphatic rings. The Labute approximate surface area is 168 Å². The molecule has 29 heavy (non-hydrogen) atoms. The molecular weight excluding hydrogens is 362 g/mol. The van der Waals surface area contributed by atoms with Crippen LogP contribution < -0.4 is 9.80 Å². The summed E-state index contributed by atoms with van der Waals surface area (Å²) in [6.45, 7) is 0. The van der Waals surface area contributed by atoms with Crippen molar-refractivity contribution in [2.24, 2.45) is 0 Å². The first kappa shape index (κ1) is 18.2. The highest BCUT2D eigenvalue weighted by Gasteiger charge is 2.42. The Balaban J connectivity index is 1.85. The van der Waals surface area contributed by atoms with Gasteiger partial charge < -0.3 is 4.90 Å². The molecule has 0 aliphatic carbocycles. The monoisotopic (exact) mass is 379 g/mol. The first-order valence-electron chi connectivity index (χ1n) is 9.09. The SMILES string of the molecule is CN(C1=C(c2ccccc2)C(=O)N(c2ccc(C#N)cc2)C1=O)c1ccccc1. The topological polar surface area (TPSA) is 64.4 Å². The second kappa shape index (κ2) is 7.45. The van der Waals surface area contributed by atoms with Crippen LogP contribution in [0.4, 0.5) is 11.4 Å². The number of amides is 2. The van der Waals surface area contributed by atoms with Gasteiger partial charge in [0.1, 0.15) is 5.70 Å². The van der Waals surface area contributed by atoms with Gasteiger partial charge in [0.05, 0.1) is 22.9 Å². The fraction of sp³-hybridized carbons (Fsp3) is 0.0417. The molecule has 0 aromatic heterocycles. The number of nitriles is 1. The molecule has 3 aromatic carbocycles. The van der Waals surface area contributed by atoms with Crippen molar-refractivity contribution in [3.8, 4) is 6.07 Å². The summed E-state index contributed by atoms with van der Waals surface area (Å²) in [4.78, 5) is 29.7. The smallest absolute Gasteiger partial charge is 0.282 e. The number of nitrogens with zero attached hydrogens (tertiary/aromatic N) is 3. The maximum Gasteiger partial charge on any atom is 0.282 e. The van der Waals surface area contributed by atoms with E-state index in [2.05, 4.69) is 0 Å². The third kappa shape index (κ3) is 3.17. The van der Waals surface area contributed by atoms with E-state index < -0.39 is 5.91 Å². The lowest BCUT2D eigenvalue weighted by Gasteiger charge is -2.21. The molecule has 0 unspecified atom stereocenters. The second-order valence-corrected chi connectivity index (χ2v) is 6.59. The molecule has 0 saturated carbocycles. The van der Waals surface area contributed by atoms with E-state index in [1.165, 1.54) is 0 Å². The molecule has 3 aromatic rings. The van der Waals surface area contributed by atoms with Gasteiger partial charge in [-0.05, 0) is 42.0 Å². The van der Waals surface area contributed by atoms with Crippen LogP contribution in [0.25, 0.3) is 5.57 Å². The maximum atomic E-state index is 13.4. The first-order chi connectivity index (χ1) is 14.1. The van der Waals surface area contributed by atoms with Gasteiger partial charge in [0, 0.05) is 12.7 Å². The third-order valence-corrected chi connectivity index (χ3v) is 4.86. The summed E-state index contributed by atoms with van der Waals surface area (Å²) < 4.78 is 0. The molecule has 1 heterocycles. The van der Waals surface area contributed by atoms with E-state index in [4.69, 9.17) is 5.26 Å². The van der Waals surface area contributed by atoms with Gasteiger partial charge >= 0.3 is 0 Å². The van der Waals surface area contributed by atoms with Gasteiger partial charge in [0.25, 0.3) is 11.8 Å². The van der Waals surface area contributed by atoms with Crippen LogP contribution in [0, 0.1) is 11.3 Å². The number of para-hydroxylation sites is 1. The molecule has 4 rings (SSSR count). The Morgan fingerprint density at radius 1 is 0.793 bits per heavy atom. The summed E-state index contributed by atoms with van der Waals surface area (Å²) in [7, 11) is 1.78. The summed E-state index contributed by atoms with van der Waals surface area (Å²) in [5, 5.41) is 9.02. The highest BCUT2D eigenvalue weighted by Crippen LogP contribution is 2.35. The lowest BCUT2D eigenvalue weighted by Crippen LogP contribution is -2.34. The molecule has 0 saturated heterocycles. The summed E-state index contributed by atoms with van der Waals surface area (Å²) in [6, 6.07) is 27.1. The van der Waals surface area contributed by atoms with Crippen molar-refractivity contribution in [3.05, 3.63) is 102 Å². The minimum Gasteiger partial charge on any atom is -0.339 e. The average Bonchev–Trinajstić information content (AvgIpc) is 3.04. The third-order valence-electron chi connectivity index (χ3n) is 4.86. The normalized spacial score (nSPS) is 13.6. The molecule has 0 N–H and O–H groups in total. The van der Waals surface area contributed by atoms with Crippen molar-refractivity contribution < 1.29 is 9.59 Å². The van der Waals surface area contributed by atoms with E-state index in [0.717, 1.165) is 10.6 Å². The Morgan fingerprint density at radius 3 is 1.97 bits per heavy atom. The quantitative estimate of drug-likeness (QED) is 0.643. The first-order valence-corrected chi connectivity index (χ1v) is 9.09.